The van der Waals surface area contributed by atoms with Crippen LogP contribution in [0.3, 0.4) is 0 Å². The summed E-state index contributed by atoms with van der Waals surface area (Å²) in [6.45, 7) is 2.21. The average molecular weight is 241 g/mol. The standard InChI is InChI=1S/C6H16O3Si.H3NO2Si/c1-8-10(3,9-2)6-4-5-7;2-1(3)4/h7H,4-6H2,1-3H3;4H3. The minimum absolute atomic E-state index is 0.0710. The summed E-state index contributed by atoms with van der Waals surface area (Å²) in [6, 6.07) is 0.858. The lowest BCUT2D eigenvalue weighted by Crippen LogP contribution is -2.35. The first-order valence-electron chi connectivity index (χ1n) is 4.21. The molecule has 8 heteroatoms. The molecule has 0 aromatic heterocycles. The van der Waals surface area contributed by atoms with Crippen LogP contribution >= 0.6 is 0 Å². The third kappa shape index (κ3) is 11.7. The first-order valence-corrected chi connectivity index (χ1v) is 7.62. The van der Waals surface area contributed by atoms with Crippen LogP contribution in [0.5, 0.6) is 0 Å². The molecule has 0 saturated carbocycles. The number of nitrogens with zero attached hydrogens (tertiary/aromatic N) is 1. The zero-order chi connectivity index (χ0) is 11.6. The van der Waals surface area contributed by atoms with E-state index in [0.29, 0.717) is 0 Å². The van der Waals surface area contributed by atoms with Crippen molar-refractivity contribution in [3.8, 4) is 0 Å². The Morgan fingerprint density at radius 1 is 1.50 bits per heavy atom. The zero-order valence-corrected chi connectivity index (χ0v) is 12.1. The van der Waals surface area contributed by atoms with E-state index in [4.69, 9.17) is 24.1 Å². The van der Waals surface area contributed by atoms with E-state index in [2.05, 4.69) is 0 Å². The lowest BCUT2D eigenvalue weighted by atomic mass is 10.5. The van der Waals surface area contributed by atoms with Gasteiger partial charge < -0.3 is 14.0 Å². The van der Waals surface area contributed by atoms with Crippen molar-refractivity contribution >= 4 is 19.0 Å². The second-order valence-electron chi connectivity index (χ2n) is 2.81. The average Bonchev–Trinajstić information content (AvgIpc) is 2.13. The summed E-state index contributed by atoms with van der Waals surface area (Å²) < 4.78 is 10.0. The van der Waals surface area contributed by atoms with Gasteiger partial charge in [-0.3, -0.25) is 10.1 Å². The van der Waals surface area contributed by atoms with E-state index in [1.54, 1.807) is 14.2 Å². The smallest absolute Gasteiger partial charge is 0.384 e. The van der Waals surface area contributed by atoms with Crippen molar-refractivity contribution < 1.29 is 18.5 Å². The Balaban J connectivity index is 0. The van der Waals surface area contributed by atoms with Gasteiger partial charge in [-0.1, -0.05) is 4.59 Å². The number of nitro groups is 1. The predicted octanol–water partition coefficient (Wildman–Crippen LogP) is -0.723. The first kappa shape index (κ1) is 16.2. The fraction of sp³-hybridized carbons (Fsp3) is 1.00. The summed E-state index contributed by atoms with van der Waals surface area (Å²) in [6.07, 6.45) is 0.768. The Hall–Kier alpha value is -0.286. The summed E-state index contributed by atoms with van der Waals surface area (Å²) in [5, 5.41) is 17.4. The number of rotatable bonds is 5. The molecule has 0 heterocycles. The van der Waals surface area contributed by atoms with Gasteiger partial charge >= 0.3 is 19.0 Å². The van der Waals surface area contributed by atoms with E-state index in [9.17, 15) is 0 Å². The maximum absolute atomic E-state index is 8.87. The lowest BCUT2D eigenvalue weighted by Gasteiger charge is -2.21. The van der Waals surface area contributed by atoms with Gasteiger partial charge in [0.25, 0.3) is 0 Å². The third-order valence-electron chi connectivity index (χ3n) is 1.65. The maximum Gasteiger partial charge on any atom is 0.384 e. The van der Waals surface area contributed by atoms with Crippen molar-refractivity contribution in [2.45, 2.75) is 19.0 Å². The fourth-order valence-corrected chi connectivity index (χ4v) is 2.06. The normalized spacial score (nSPS) is 10.6. The molecule has 0 aromatic carbocycles. The van der Waals surface area contributed by atoms with Gasteiger partial charge in [-0.05, 0) is 19.0 Å². The first-order chi connectivity index (χ1) is 6.41. The maximum atomic E-state index is 8.87. The number of hydrogen-bond acceptors (Lipinski definition) is 5. The van der Waals surface area contributed by atoms with Gasteiger partial charge in [-0.15, -0.1) is 0 Å². The topological polar surface area (TPSA) is 81.8 Å². The molecule has 0 unspecified atom stereocenters. The molecule has 6 nitrogen and oxygen atoms in total. The molecule has 0 aliphatic carbocycles. The van der Waals surface area contributed by atoms with Crippen molar-refractivity contribution in [1.82, 2.24) is 0 Å². The van der Waals surface area contributed by atoms with Crippen molar-refractivity contribution in [2.75, 3.05) is 20.8 Å². The van der Waals surface area contributed by atoms with Crippen LogP contribution in [-0.4, -0.2) is 49.5 Å². The number of aliphatic hydroxyl groups is 1. The van der Waals surface area contributed by atoms with E-state index in [1.807, 2.05) is 6.55 Å². The van der Waals surface area contributed by atoms with Crippen LogP contribution in [0.2, 0.25) is 12.6 Å². The van der Waals surface area contributed by atoms with Crippen LogP contribution in [-0.2, 0) is 8.85 Å². The van der Waals surface area contributed by atoms with Crippen molar-refractivity contribution in [2.24, 2.45) is 0 Å². The molecule has 0 atom stereocenters. The van der Waals surface area contributed by atoms with E-state index in [0.717, 1.165) is 12.5 Å². The summed E-state index contributed by atoms with van der Waals surface area (Å²) in [5.41, 5.74) is 0. The van der Waals surface area contributed by atoms with Crippen LogP contribution in [0.15, 0.2) is 0 Å². The fourth-order valence-electron chi connectivity index (χ4n) is 0.688. The highest BCUT2D eigenvalue weighted by Gasteiger charge is 2.27. The SMILES string of the molecule is CO[Si](C)(CCCO)OC.O=[N+]([O-])[SiH3]. The quantitative estimate of drug-likeness (QED) is 0.390. The molecule has 0 radical (unpaired) electrons. The Morgan fingerprint density at radius 2 is 1.86 bits per heavy atom. The molecular weight excluding hydrogens is 222 g/mol. The van der Waals surface area contributed by atoms with Gasteiger partial charge in [0, 0.05) is 20.8 Å². The second-order valence-corrected chi connectivity index (χ2v) is 7.12. The minimum atomic E-state index is -1.88. The molecule has 0 rings (SSSR count). The number of hydrogen-bond donors (Lipinski definition) is 1. The highest BCUT2D eigenvalue weighted by molar-refractivity contribution is 6.65. The van der Waals surface area contributed by atoms with E-state index in [1.165, 1.54) is 0 Å². The van der Waals surface area contributed by atoms with Crippen LogP contribution in [0.4, 0.5) is 0 Å². The Labute approximate surface area is 88.1 Å². The van der Waals surface area contributed by atoms with E-state index in [-0.39, 0.29) is 21.6 Å². The summed E-state index contributed by atoms with van der Waals surface area (Å²) >= 11 is 0. The predicted molar refractivity (Wildman–Crippen MR) is 59.1 cm³/mol. The van der Waals surface area contributed by atoms with Gasteiger partial charge in [0.2, 0.25) is 0 Å². The van der Waals surface area contributed by atoms with Gasteiger partial charge in [0.05, 0.1) is 0 Å². The second kappa shape index (κ2) is 9.28. The molecular formula is C6H19NO5Si2. The summed E-state index contributed by atoms with van der Waals surface area (Å²) in [4.78, 5) is 8.87. The van der Waals surface area contributed by atoms with Crippen LogP contribution < -0.4 is 0 Å². The highest BCUT2D eigenvalue weighted by Crippen LogP contribution is 2.12. The van der Waals surface area contributed by atoms with E-state index >= 15 is 0 Å². The molecule has 0 aliphatic heterocycles. The molecule has 1 N–H and O–H groups in total. The molecule has 0 spiro atoms. The van der Waals surface area contributed by atoms with Crippen molar-refractivity contribution in [3.05, 3.63) is 10.1 Å². The Bertz CT molecular complexity index is 149. The Kier molecular flexibility index (Phi) is 10.7. The summed E-state index contributed by atoms with van der Waals surface area (Å²) in [5.74, 6) is 0. The lowest BCUT2D eigenvalue weighted by molar-refractivity contribution is -0.312. The molecule has 0 aliphatic rings. The summed E-state index contributed by atoms with van der Waals surface area (Å²) in [7, 11) is 1.51. The highest BCUT2D eigenvalue weighted by atomic mass is 28.4. The van der Waals surface area contributed by atoms with Crippen LogP contribution in [0.25, 0.3) is 0 Å². The molecule has 14 heavy (non-hydrogen) atoms. The van der Waals surface area contributed by atoms with Crippen LogP contribution in [0, 0.1) is 10.1 Å². The molecule has 0 saturated heterocycles. The number of aliphatic hydroxyl groups excluding tert-OH is 1. The van der Waals surface area contributed by atoms with Crippen molar-refractivity contribution in [1.29, 1.82) is 0 Å². The molecule has 0 amide bonds. The van der Waals surface area contributed by atoms with Crippen molar-refractivity contribution in [3.63, 3.8) is 0 Å². The van der Waals surface area contributed by atoms with Gasteiger partial charge in [0.1, 0.15) is 0 Å². The monoisotopic (exact) mass is 241 g/mol. The molecule has 0 bridgehead atoms. The largest absolute Gasteiger partial charge is 0.398 e. The van der Waals surface area contributed by atoms with E-state index < -0.39 is 8.56 Å². The van der Waals surface area contributed by atoms with Crippen LogP contribution in [0.1, 0.15) is 6.42 Å². The Morgan fingerprint density at radius 3 is 2.07 bits per heavy atom. The minimum Gasteiger partial charge on any atom is -0.398 e. The van der Waals surface area contributed by atoms with Gasteiger partial charge in [0.15, 0.2) is 0 Å². The van der Waals surface area contributed by atoms with Gasteiger partial charge in [-0.2, -0.15) is 0 Å². The third-order valence-corrected chi connectivity index (χ3v) is 4.64. The molecule has 0 aromatic rings. The molecule has 0 fully saturated rings. The zero-order valence-electron chi connectivity index (χ0n) is 9.15. The van der Waals surface area contributed by atoms with Gasteiger partial charge in [-0.25, -0.2) is 0 Å². The molecule has 86 valence electrons.